The highest BCUT2D eigenvalue weighted by atomic mass is 35.5. The lowest BCUT2D eigenvalue weighted by atomic mass is 9.66. The number of likely N-dealkylation sites (tertiary alicyclic amines) is 1. The Kier molecular flexibility index (Phi) is 16.3. The van der Waals surface area contributed by atoms with Crippen molar-refractivity contribution in [1.29, 1.82) is 0 Å². The summed E-state index contributed by atoms with van der Waals surface area (Å²) in [5.74, 6) is -2.96. The number of imide groups is 1. The number of rotatable bonds is 19. The number of sulfone groups is 1. The van der Waals surface area contributed by atoms with Gasteiger partial charge >= 0.3 is 0 Å². The van der Waals surface area contributed by atoms with Gasteiger partial charge in [0.15, 0.2) is 9.84 Å². The van der Waals surface area contributed by atoms with Gasteiger partial charge in [-0.3, -0.25) is 34.1 Å². The van der Waals surface area contributed by atoms with Crippen molar-refractivity contribution >= 4 is 79.9 Å². The Hall–Kier alpha value is -6.56. The molecule has 2 saturated heterocycles. The second-order valence-corrected chi connectivity index (χ2v) is 23.9. The lowest BCUT2D eigenvalue weighted by molar-refractivity contribution is -0.157. The highest BCUT2D eigenvalue weighted by Crippen LogP contribution is 2.53. The van der Waals surface area contributed by atoms with Crippen molar-refractivity contribution in [3.8, 4) is 0 Å². The second kappa shape index (κ2) is 22.5. The van der Waals surface area contributed by atoms with Crippen LogP contribution in [-0.2, 0) is 48.6 Å². The summed E-state index contributed by atoms with van der Waals surface area (Å²) < 4.78 is 29.2. The maximum atomic E-state index is 15.2. The molecule has 0 radical (unpaired) electrons. The smallest absolute Gasteiger partial charge is 0.255 e. The Morgan fingerprint density at radius 3 is 2.32 bits per heavy atom. The number of amides is 6. The predicted octanol–water partition coefficient (Wildman–Crippen LogP) is 8.32. The van der Waals surface area contributed by atoms with E-state index in [0.717, 1.165) is 28.1 Å². The molecule has 8 rings (SSSR count). The Morgan fingerprint density at radius 1 is 0.905 bits per heavy atom. The van der Waals surface area contributed by atoms with Crippen LogP contribution in [0.4, 0.5) is 11.4 Å². The van der Waals surface area contributed by atoms with Crippen molar-refractivity contribution in [1.82, 2.24) is 30.0 Å². The van der Waals surface area contributed by atoms with Crippen molar-refractivity contribution in [3.05, 3.63) is 147 Å². The molecule has 19 heteroatoms. The van der Waals surface area contributed by atoms with Crippen LogP contribution in [-0.4, -0.2) is 92.8 Å². The summed E-state index contributed by atoms with van der Waals surface area (Å²) in [5, 5.41) is 11.9. The average Bonchev–Trinajstić information content (AvgIpc) is 3.96. The molecule has 0 bridgehead atoms. The van der Waals surface area contributed by atoms with E-state index in [1.165, 1.54) is 4.90 Å². The molecule has 3 aliphatic heterocycles. The lowest BCUT2D eigenvalue weighted by Crippen LogP contribution is -2.59. The Bertz CT molecular complexity index is 3060. The maximum Gasteiger partial charge on any atom is 0.255 e. The van der Waals surface area contributed by atoms with Gasteiger partial charge in [0.05, 0.1) is 41.0 Å². The minimum Gasteiger partial charge on any atom is -0.379 e. The highest BCUT2D eigenvalue weighted by molar-refractivity contribution is 7.92. The van der Waals surface area contributed by atoms with Crippen molar-refractivity contribution in [3.63, 3.8) is 0 Å². The zero-order chi connectivity index (χ0) is 53.1. The molecule has 6 amide bonds. The third-order valence-corrected chi connectivity index (χ3v) is 17.2. The molecular formula is C55H62Cl2N8O8S. The number of carbonyl (C=O) groups excluding carboxylic acids is 6. The molecule has 0 aliphatic carbocycles. The van der Waals surface area contributed by atoms with E-state index in [4.69, 9.17) is 23.2 Å². The van der Waals surface area contributed by atoms with E-state index in [9.17, 15) is 32.4 Å². The number of imidazole rings is 1. The van der Waals surface area contributed by atoms with E-state index >= 15 is 4.79 Å². The van der Waals surface area contributed by atoms with Crippen LogP contribution in [0.15, 0.2) is 104 Å². The summed E-state index contributed by atoms with van der Waals surface area (Å²) in [6.45, 7) is 10.5. The number of nitrogens with zero attached hydrogens (tertiary/aromatic N) is 4. The predicted molar refractivity (Wildman–Crippen MR) is 284 cm³/mol. The molecule has 0 saturated carbocycles. The van der Waals surface area contributed by atoms with E-state index in [1.54, 1.807) is 86.6 Å². The van der Waals surface area contributed by atoms with Crippen LogP contribution >= 0.6 is 23.2 Å². The fourth-order valence-electron chi connectivity index (χ4n) is 10.3. The molecule has 4 heterocycles. The quantitative estimate of drug-likeness (QED) is 0.0459. The van der Waals surface area contributed by atoms with Crippen molar-refractivity contribution in [2.45, 2.75) is 116 Å². The second-order valence-electron chi connectivity index (χ2n) is 20.4. The first kappa shape index (κ1) is 53.7. The molecule has 5 atom stereocenters. The molecule has 390 valence electrons. The molecule has 1 unspecified atom stereocenters. The highest BCUT2D eigenvalue weighted by Gasteiger charge is 2.53. The summed E-state index contributed by atoms with van der Waals surface area (Å²) in [6.07, 6.45) is 4.78. The van der Waals surface area contributed by atoms with Gasteiger partial charge < -0.3 is 30.3 Å². The van der Waals surface area contributed by atoms with Gasteiger partial charge in [0.2, 0.25) is 23.6 Å². The molecule has 0 spiro atoms. The number of hydrogen-bond donors (Lipinski definition) is 4. The van der Waals surface area contributed by atoms with E-state index in [-0.39, 0.29) is 73.4 Å². The SMILES string of the molecule is CC(C)[C@@H](CS(=O)(=O)C(C)C)N1C(=O)[C@@](C)(CC(=O)Nc2ccc(C(=O)NCCCn3cnc(CNc4cccc5c4CN(C4CCC(=O)NC4=O)C5=O)c3)cc2)C[C@H](c2cccc(Cl)c2)[C@H]1c1ccc(Cl)cc1. The zero-order valence-corrected chi connectivity index (χ0v) is 44.4. The molecule has 1 aromatic heterocycles. The van der Waals surface area contributed by atoms with Gasteiger partial charge in [0, 0.05) is 88.7 Å². The largest absolute Gasteiger partial charge is 0.379 e. The van der Waals surface area contributed by atoms with Crippen LogP contribution in [0, 0.1) is 11.3 Å². The van der Waals surface area contributed by atoms with E-state index < -0.39 is 50.4 Å². The van der Waals surface area contributed by atoms with E-state index in [1.807, 2.05) is 61.0 Å². The first-order valence-corrected chi connectivity index (χ1v) is 27.4. The molecule has 74 heavy (non-hydrogen) atoms. The van der Waals surface area contributed by atoms with Crippen LogP contribution in [0.25, 0.3) is 0 Å². The minimum atomic E-state index is -3.63. The Labute approximate surface area is 441 Å². The first-order valence-electron chi connectivity index (χ1n) is 25.0. The molecule has 4 N–H and O–H groups in total. The van der Waals surface area contributed by atoms with Crippen LogP contribution in [0.3, 0.4) is 0 Å². The molecule has 3 aliphatic rings. The number of hydrogen-bond acceptors (Lipinski definition) is 10. The fourth-order valence-corrected chi connectivity index (χ4v) is 12.1. The van der Waals surface area contributed by atoms with Crippen LogP contribution in [0.1, 0.15) is 122 Å². The lowest BCUT2D eigenvalue weighted by Gasteiger charge is -2.53. The molecule has 4 aromatic carbocycles. The number of aryl methyl sites for hydroxylation is 1. The number of aromatic nitrogens is 2. The molecule has 2 fully saturated rings. The minimum absolute atomic E-state index is 0.184. The molecule has 16 nitrogen and oxygen atoms in total. The number of anilines is 2. The van der Waals surface area contributed by atoms with Gasteiger partial charge in [-0.1, -0.05) is 74.3 Å². The van der Waals surface area contributed by atoms with Gasteiger partial charge in [-0.2, -0.15) is 0 Å². The average molecular weight is 1070 g/mol. The fraction of sp³-hybridized carbons (Fsp3) is 0.400. The number of piperidine rings is 2. The van der Waals surface area contributed by atoms with Gasteiger partial charge in [0.25, 0.3) is 11.8 Å². The van der Waals surface area contributed by atoms with Crippen molar-refractivity contribution < 1.29 is 37.2 Å². The number of nitrogens with one attached hydrogen (secondary N) is 4. The summed E-state index contributed by atoms with van der Waals surface area (Å²) in [7, 11) is -3.63. The molecule has 5 aromatic rings. The third-order valence-electron chi connectivity index (χ3n) is 14.4. The van der Waals surface area contributed by atoms with Gasteiger partial charge in [0.1, 0.15) is 6.04 Å². The normalized spacial score (nSPS) is 20.4. The zero-order valence-electron chi connectivity index (χ0n) is 42.1. The third kappa shape index (κ3) is 12.0. The topological polar surface area (TPSA) is 209 Å². The monoisotopic (exact) mass is 1060 g/mol. The first-order chi connectivity index (χ1) is 35.2. The standard InChI is InChI=1S/C55H62Cl2N8O8S/c1-33(2)47(31-74(72,73)34(3)4)65-50(35-13-17-38(56)18-14-35)43(37-9-6-10-39(57)25-37)26-55(5,54(65)71)27-49(67)61-40-19-15-36(16-20-40)51(68)58-23-8-24-63-29-41(60-32-63)28-59-45-12-7-11-42-44(45)30-64(53(42)70)46-21-22-48(66)62-52(46)69/h6-7,9-20,25,29,32-34,43,46-47,50,59H,8,21-24,26-28,30-31H2,1-5H3,(H,58,68)(H,61,67)(H,62,66,69)/t43-,46?,47-,50-,55-/m1/s1. The summed E-state index contributed by atoms with van der Waals surface area (Å²) in [4.78, 5) is 87.7. The Balaban J connectivity index is 0.870. The van der Waals surface area contributed by atoms with E-state index in [2.05, 4.69) is 26.3 Å². The van der Waals surface area contributed by atoms with Crippen LogP contribution in [0.5, 0.6) is 0 Å². The Morgan fingerprint density at radius 2 is 1.64 bits per heavy atom. The summed E-state index contributed by atoms with van der Waals surface area (Å²) >= 11 is 12.9. The number of carbonyl (C=O) groups is 6. The molecular weight excluding hydrogens is 1000 g/mol. The van der Waals surface area contributed by atoms with E-state index in [0.29, 0.717) is 52.9 Å². The number of fused-ring (bicyclic) bond motifs is 1. The summed E-state index contributed by atoms with van der Waals surface area (Å²) in [5.41, 5.74) is 4.04. The van der Waals surface area contributed by atoms with Crippen LogP contribution in [0.2, 0.25) is 10.0 Å². The summed E-state index contributed by atoms with van der Waals surface area (Å²) in [6, 6.07) is 24.6. The van der Waals surface area contributed by atoms with Gasteiger partial charge in [-0.05, 0) is 111 Å². The van der Waals surface area contributed by atoms with Crippen LogP contribution < -0.4 is 21.3 Å². The van der Waals surface area contributed by atoms with Crippen molar-refractivity contribution in [2.75, 3.05) is 22.9 Å². The number of halogens is 2. The number of benzene rings is 4. The van der Waals surface area contributed by atoms with Gasteiger partial charge in [-0.25, -0.2) is 13.4 Å². The maximum absolute atomic E-state index is 15.2. The van der Waals surface area contributed by atoms with Crippen molar-refractivity contribution in [2.24, 2.45) is 11.3 Å². The van der Waals surface area contributed by atoms with Gasteiger partial charge in [-0.15, -0.1) is 0 Å².